The number of carbonyl (C=O) groups is 1. The molecule has 0 aromatic heterocycles. The van der Waals surface area contributed by atoms with Gasteiger partial charge in [-0.25, -0.2) is 0 Å². The van der Waals surface area contributed by atoms with Crippen LogP contribution in [0.4, 0.5) is 11.4 Å². The molecule has 1 aromatic rings. The zero-order valence-electron chi connectivity index (χ0n) is 8.68. The molecule has 6 heteroatoms. The first-order valence-corrected chi connectivity index (χ1v) is 4.87. The number of hydrogen-bond acceptors (Lipinski definition) is 4. The zero-order chi connectivity index (χ0) is 12.0. The van der Waals surface area contributed by atoms with Crippen LogP contribution in [-0.2, 0) is 4.79 Å². The van der Waals surface area contributed by atoms with Crippen molar-refractivity contribution in [1.82, 2.24) is 0 Å². The van der Waals surface area contributed by atoms with Gasteiger partial charge in [0.15, 0.2) is 0 Å². The van der Waals surface area contributed by atoms with E-state index in [0.29, 0.717) is 18.7 Å². The van der Waals surface area contributed by atoms with Gasteiger partial charge in [-0.1, -0.05) is 12.1 Å². The Labute approximate surface area is 92.6 Å². The first-order chi connectivity index (χ1) is 7.61. The lowest BCUT2D eigenvalue weighted by atomic mass is 10.2. The van der Waals surface area contributed by atoms with E-state index in [4.69, 9.17) is 5.73 Å². The Morgan fingerprint density at radius 3 is 2.75 bits per heavy atom. The van der Waals surface area contributed by atoms with Crippen LogP contribution >= 0.6 is 0 Å². The van der Waals surface area contributed by atoms with Gasteiger partial charge in [0.2, 0.25) is 5.91 Å². The summed E-state index contributed by atoms with van der Waals surface area (Å²) >= 11 is 0. The maximum absolute atomic E-state index is 10.7. The lowest BCUT2D eigenvalue weighted by molar-refractivity contribution is -0.384. The summed E-state index contributed by atoms with van der Waals surface area (Å²) in [5, 5.41) is 13.6. The van der Waals surface area contributed by atoms with Crippen LogP contribution in [0.2, 0.25) is 0 Å². The fourth-order valence-corrected chi connectivity index (χ4v) is 1.27. The number of nitrogens with two attached hydrogens (primary N) is 1. The van der Waals surface area contributed by atoms with E-state index in [1.165, 1.54) is 6.07 Å². The van der Waals surface area contributed by atoms with Crippen LogP contribution in [0.3, 0.4) is 0 Å². The molecule has 1 amide bonds. The second-order valence-corrected chi connectivity index (χ2v) is 3.27. The Morgan fingerprint density at radius 1 is 1.44 bits per heavy atom. The number of nitrogens with zero attached hydrogens (tertiary/aromatic N) is 1. The summed E-state index contributed by atoms with van der Waals surface area (Å²) in [5.74, 6) is -0.371. The topological polar surface area (TPSA) is 98.3 Å². The first-order valence-electron chi connectivity index (χ1n) is 4.87. The van der Waals surface area contributed by atoms with E-state index in [1.54, 1.807) is 18.2 Å². The Hall–Kier alpha value is -2.11. The van der Waals surface area contributed by atoms with Crippen LogP contribution in [0.15, 0.2) is 24.3 Å². The van der Waals surface area contributed by atoms with Crippen molar-refractivity contribution in [3.63, 3.8) is 0 Å². The van der Waals surface area contributed by atoms with Crippen LogP contribution in [0, 0.1) is 10.1 Å². The van der Waals surface area contributed by atoms with Gasteiger partial charge in [0.1, 0.15) is 5.69 Å². The van der Waals surface area contributed by atoms with Crippen LogP contribution in [0.1, 0.15) is 12.8 Å². The van der Waals surface area contributed by atoms with Crippen molar-refractivity contribution < 1.29 is 9.72 Å². The van der Waals surface area contributed by atoms with Gasteiger partial charge >= 0.3 is 0 Å². The van der Waals surface area contributed by atoms with Crippen molar-refractivity contribution in [3.8, 4) is 0 Å². The normalized spacial score (nSPS) is 9.75. The smallest absolute Gasteiger partial charge is 0.292 e. The highest BCUT2D eigenvalue weighted by Crippen LogP contribution is 2.22. The number of rotatable bonds is 6. The molecular formula is C10H13N3O3. The summed E-state index contributed by atoms with van der Waals surface area (Å²) in [6, 6.07) is 6.37. The lowest BCUT2D eigenvalue weighted by Gasteiger charge is -2.05. The molecule has 0 fully saturated rings. The molecule has 0 spiro atoms. The predicted molar refractivity (Wildman–Crippen MR) is 60.0 cm³/mol. The van der Waals surface area contributed by atoms with E-state index >= 15 is 0 Å². The number of nitro groups is 1. The number of nitro benzene ring substituents is 1. The average molecular weight is 223 g/mol. The molecule has 3 N–H and O–H groups in total. The Morgan fingerprint density at radius 2 is 2.12 bits per heavy atom. The molecule has 0 bridgehead atoms. The largest absolute Gasteiger partial charge is 0.379 e. The van der Waals surface area contributed by atoms with Crippen LogP contribution in [-0.4, -0.2) is 17.4 Å². The number of hydrogen-bond donors (Lipinski definition) is 2. The predicted octanol–water partition coefficient (Wildman–Crippen LogP) is 1.27. The molecule has 16 heavy (non-hydrogen) atoms. The van der Waals surface area contributed by atoms with Crippen molar-refractivity contribution in [1.29, 1.82) is 0 Å². The first kappa shape index (κ1) is 12.0. The van der Waals surface area contributed by atoms with Crippen molar-refractivity contribution in [2.75, 3.05) is 11.9 Å². The molecule has 0 heterocycles. The van der Waals surface area contributed by atoms with Crippen molar-refractivity contribution in [3.05, 3.63) is 34.4 Å². The number of para-hydroxylation sites is 2. The summed E-state index contributed by atoms with van der Waals surface area (Å²) in [5.41, 5.74) is 5.46. The van der Waals surface area contributed by atoms with Crippen molar-refractivity contribution >= 4 is 17.3 Å². The van der Waals surface area contributed by atoms with Gasteiger partial charge < -0.3 is 11.1 Å². The number of nitrogens with one attached hydrogen (secondary N) is 1. The summed E-state index contributed by atoms with van der Waals surface area (Å²) < 4.78 is 0. The van der Waals surface area contributed by atoms with Gasteiger partial charge in [-0.05, 0) is 12.5 Å². The quantitative estimate of drug-likeness (QED) is 0.431. The second-order valence-electron chi connectivity index (χ2n) is 3.27. The molecule has 6 nitrogen and oxygen atoms in total. The van der Waals surface area contributed by atoms with Gasteiger partial charge in [0, 0.05) is 19.0 Å². The molecule has 0 aliphatic carbocycles. The van der Waals surface area contributed by atoms with E-state index in [-0.39, 0.29) is 18.0 Å². The van der Waals surface area contributed by atoms with E-state index in [9.17, 15) is 14.9 Å². The Kier molecular flexibility index (Phi) is 4.26. The molecule has 86 valence electrons. The van der Waals surface area contributed by atoms with Gasteiger partial charge in [0.25, 0.3) is 5.69 Å². The van der Waals surface area contributed by atoms with E-state index in [1.807, 2.05) is 0 Å². The number of primary amides is 1. The SMILES string of the molecule is NC(=O)CCCNc1ccccc1[N+](=O)[O-]. The maximum Gasteiger partial charge on any atom is 0.292 e. The molecule has 0 saturated carbocycles. The minimum Gasteiger partial charge on any atom is -0.379 e. The molecule has 0 aliphatic rings. The van der Waals surface area contributed by atoms with Gasteiger partial charge in [0.05, 0.1) is 4.92 Å². The second kappa shape index (κ2) is 5.69. The molecule has 0 radical (unpaired) electrons. The van der Waals surface area contributed by atoms with Crippen LogP contribution in [0.5, 0.6) is 0 Å². The minimum absolute atomic E-state index is 0.0292. The highest BCUT2D eigenvalue weighted by Gasteiger charge is 2.11. The zero-order valence-corrected chi connectivity index (χ0v) is 8.68. The fraction of sp³-hybridized carbons (Fsp3) is 0.300. The molecule has 0 saturated heterocycles. The fourth-order valence-electron chi connectivity index (χ4n) is 1.27. The van der Waals surface area contributed by atoms with Gasteiger partial charge in [-0.2, -0.15) is 0 Å². The molecule has 1 rings (SSSR count). The Bertz CT molecular complexity index is 393. The molecule has 0 unspecified atom stereocenters. The summed E-state index contributed by atoms with van der Waals surface area (Å²) in [7, 11) is 0. The Balaban J connectivity index is 2.53. The molecule has 0 atom stereocenters. The summed E-state index contributed by atoms with van der Waals surface area (Å²) in [6.45, 7) is 0.480. The van der Waals surface area contributed by atoms with E-state index < -0.39 is 4.92 Å². The van der Waals surface area contributed by atoms with Crippen LogP contribution < -0.4 is 11.1 Å². The van der Waals surface area contributed by atoms with Crippen LogP contribution in [0.25, 0.3) is 0 Å². The minimum atomic E-state index is -0.448. The third-order valence-corrected chi connectivity index (χ3v) is 2.02. The standard InChI is InChI=1S/C10H13N3O3/c11-10(14)6-3-7-12-8-4-1-2-5-9(8)13(15)16/h1-2,4-5,12H,3,6-7H2,(H2,11,14). The number of anilines is 1. The van der Waals surface area contributed by atoms with Crippen molar-refractivity contribution in [2.45, 2.75) is 12.8 Å². The number of amides is 1. The molecule has 1 aromatic carbocycles. The van der Waals surface area contributed by atoms with Gasteiger partial charge in [-0.3, -0.25) is 14.9 Å². The van der Waals surface area contributed by atoms with E-state index in [2.05, 4.69) is 5.32 Å². The number of benzene rings is 1. The van der Waals surface area contributed by atoms with Gasteiger partial charge in [-0.15, -0.1) is 0 Å². The summed E-state index contributed by atoms with van der Waals surface area (Å²) in [6.07, 6.45) is 0.828. The maximum atomic E-state index is 10.7. The monoisotopic (exact) mass is 223 g/mol. The third-order valence-electron chi connectivity index (χ3n) is 2.02. The number of carbonyl (C=O) groups excluding carboxylic acids is 1. The third kappa shape index (κ3) is 3.56. The lowest BCUT2D eigenvalue weighted by Crippen LogP contribution is -2.13. The molecule has 0 aliphatic heterocycles. The van der Waals surface area contributed by atoms with E-state index in [0.717, 1.165) is 0 Å². The summed E-state index contributed by atoms with van der Waals surface area (Å²) in [4.78, 5) is 20.7. The molecular weight excluding hydrogens is 210 g/mol. The average Bonchev–Trinajstić information content (AvgIpc) is 2.24. The highest BCUT2D eigenvalue weighted by atomic mass is 16.6. The highest BCUT2D eigenvalue weighted by molar-refractivity contribution is 5.73. The van der Waals surface area contributed by atoms with Crippen molar-refractivity contribution in [2.24, 2.45) is 5.73 Å².